The summed E-state index contributed by atoms with van der Waals surface area (Å²) in [4.78, 5) is 4.57. The van der Waals surface area contributed by atoms with Gasteiger partial charge in [-0.05, 0) is 78.0 Å². The Morgan fingerprint density at radius 2 is 1.51 bits per heavy atom. The fraction of sp³-hybridized carbons (Fsp3) is 0.111. The van der Waals surface area contributed by atoms with Crippen LogP contribution in [0.3, 0.4) is 0 Å². The van der Waals surface area contributed by atoms with Crippen LogP contribution in [-0.2, 0) is 6.54 Å². The Morgan fingerprint density at radius 1 is 0.886 bits per heavy atom. The van der Waals surface area contributed by atoms with Crippen LogP contribution in [0.2, 0.25) is 0 Å². The minimum absolute atomic E-state index is 0.0765. The lowest BCUT2D eigenvalue weighted by atomic mass is 10.1. The molecule has 0 spiro atoms. The number of methoxy groups -OCH3 is 2. The maximum atomic E-state index is 9.87. The summed E-state index contributed by atoms with van der Waals surface area (Å²) in [6, 6.07) is 15.8. The lowest BCUT2D eigenvalue weighted by Crippen LogP contribution is -2.08. The highest BCUT2D eigenvalue weighted by Crippen LogP contribution is 2.28. The number of ether oxygens (including phenoxy) is 2. The Balaban J connectivity index is 1.71. The van der Waals surface area contributed by atoms with Gasteiger partial charge in [0, 0.05) is 5.69 Å². The molecule has 0 fully saturated rings. The molecule has 0 unspecified atom stereocenters. The molecule has 8 heteroatoms. The Hall–Kier alpha value is -4.30. The number of furan rings is 1. The average molecular weight is 489 g/mol. The monoisotopic (exact) mass is 488 g/mol. The molecule has 0 amide bonds. The van der Waals surface area contributed by atoms with Gasteiger partial charge in [-0.1, -0.05) is 24.3 Å². The van der Waals surface area contributed by atoms with Crippen LogP contribution in [0.25, 0.3) is 24.3 Å². The van der Waals surface area contributed by atoms with Gasteiger partial charge < -0.3 is 28.7 Å². The molecule has 35 heavy (non-hydrogen) atoms. The zero-order valence-corrected chi connectivity index (χ0v) is 20.0. The van der Waals surface area contributed by atoms with E-state index in [4.69, 9.17) is 26.1 Å². The van der Waals surface area contributed by atoms with E-state index in [0.717, 1.165) is 22.6 Å². The van der Waals surface area contributed by atoms with Crippen molar-refractivity contribution in [3.05, 3.63) is 93.9 Å². The molecule has 0 aliphatic heterocycles. The summed E-state index contributed by atoms with van der Waals surface area (Å²) in [5.74, 6) is 1.69. The molecule has 0 atom stereocenters. The van der Waals surface area contributed by atoms with E-state index in [1.165, 1.54) is 14.2 Å². The first kappa shape index (κ1) is 23.8. The lowest BCUT2D eigenvalue weighted by molar-refractivity contribution is 0.373. The number of phenols is 2. The summed E-state index contributed by atoms with van der Waals surface area (Å²) in [5, 5.41) is 19.7. The van der Waals surface area contributed by atoms with Crippen molar-refractivity contribution >= 4 is 36.5 Å². The highest BCUT2D eigenvalue weighted by Gasteiger charge is 2.07. The molecule has 4 rings (SSSR count). The number of aromatic nitrogens is 2. The summed E-state index contributed by atoms with van der Waals surface area (Å²) in [6.07, 6.45) is 9.16. The molecule has 0 aliphatic rings. The molecule has 2 aromatic carbocycles. The van der Waals surface area contributed by atoms with Crippen LogP contribution in [0.15, 0.2) is 65.3 Å². The molecular weight excluding hydrogens is 464 g/mol. The second-order valence-electron chi connectivity index (χ2n) is 7.58. The summed E-state index contributed by atoms with van der Waals surface area (Å²) in [6.45, 7) is 0.427. The van der Waals surface area contributed by atoms with Crippen molar-refractivity contribution in [3.63, 3.8) is 0 Å². The maximum absolute atomic E-state index is 9.87. The SMILES string of the molecule is COc1cc(C=Cc2cc(C=Cc3ccc(O)c(OC)c3)n(Cc3ccco3)c(=S)n2)ccc1O. The van der Waals surface area contributed by atoms with Crippen molar-refractivity contribution in [2.75, 3.05) is 14.2 Å². The first-order valence-electron chi connectivity index (χ1n) is 10.7. The topological polar surface area (TPSA) is 89.9 Å². The number of aromatic hydroxyl groups is 2. The van der Waals surface area contributed by atoms with Crippen molar-refractivity contribution in [2.24, 2.45) is 0 Å². The maximum Gasteiger partial charge on any atom is 0.200 e. The number of nitrogens with zero attached hydrogens (tertiary/aromatic N) is 2. The first-order chi connectivity index (χ1) is 17.0. The zero-order chi connectivity index (χ0) is 24.8. The molecule has 0 aliphatic carbocycles. The van der Waals surface area contributed by atoms with E-state index in [9.17, 15) is 10.2 Å². The Morgan fingerprint density at radius 3 is 2.09 bits per heavy atom. The van der Waals surface area contributed by atoms with Gasteiger partial charge >= 0.3 is 0 Å². The summed E-state index contributed by atoms with van der Waals surface area (Å²) in [7, 11) is 3.01. The molecule has 2 N–H and O–H groups in total. The highest BCUT2D eigenvalue weighted by molar-refractivity contribution is 7.71. The third-order valence-electron chi connectivity index (χ3n) is 5.26. The Bertz CT molecular complexity index is 1440. The van der Waals surface area contributed by atoms with Crippen LogP contribution in [0.4, 0.5) is 0 Å². The normalized spacial score (nSPS) is 11.4. The van der Waals surface area contributed by atoms with E-state index in [2.05, 4.69) is 4.98 Å². The summed E-state index contributed by atoms with van der Waals surface area (Å²) < 4.78 is 18.2. The molecule has 4 aromatic rings. The van der Waals surface area contributed by atoms with E-state index in [-0.39, 0.29) is 11.5 Å². The smallest absolute Gasteiger partial charge is 0.200 e. The van der Waals surface area contributed by atoms with Gasteiger partial charge in [0.25, 0.3) is 0 Å². The molecule has 0 saturated carbocycles. The number of hydrogen-bond acceptors (Lipinski definition) is 7. The number of hydrogen-bond donors (Lipinski definition) is 2. The van der Waals surface area contributed by atoms with Gasteiger partial charge in [-0.25, -0.2) is 4.98 Å². The van der Waals surface area contributed by atoms with Gasteiger partial charge in [-0.3, -0.25) is 0 Å². The molecule has 7 nitrogen and oxygen atoms in total. The fourth-order valence-corrected chi connectivity index (χ4v) is 3.72. The third-order valence-corrected chi connectivity index (χ3v) is 5.57. The molecule has 0 saturated heterocycles. The first-order valence-corrected chi connectivity index (χ1v) is 11.1. The summed E-state index contributed by atoms with van der Waals surface area (Å²) in [5.41, 5.74) is 3.17. The van der Waals surface area contributed by atoms with E-state index in [1.54, 1.807) is 42.7 Å². The number of phenolic OH excluding ortho intramolecular Hbond substituents is 2. The van der Waals surface area contributed by atoms with Crippen LogP contribution >= 0.6 is 12.2 Å². The third kappa shape index (κ3) is 5.80. The number of benzene rings is 2. The van der Waals surface area contributed by atoms with Crippen LogP contribution in [-0.4, -0.2) is 34.0 Å². The fourth-order valence-electron chi connectivity index (χ4n) is 3.44. The van der Waals surface area contributed by atoms with Crippen LogP contribution in [0, 0.1) is 4.77 Å². The lowest BCUT2D eigenvalue weighted by Gasteiger charge is -2.11. The highest BCUT2D eigenvalue weighted by atomic mass is 32.1. The molecule has 0 bridgehead atoms. The van der Waals surface area contributed by atoms with Crippen molar-refractivity contribution in [2.45, 2.75) is 6.54 Å². The molecule has 2 heterocycles. The van der Waals surface area contributed by atoms with Gasteiger partial charge in [0.2, 0.25) is 4.77 Å². The second kappa shape index (κ2) is 10.8. The van der Waals surface area contributed by atoms with Gasteiger partial charge in [0.1, 0.15) is 5.76 Å². The molecule has 0 radical (unpaired) electrons. The van der Waals surface area contributed by atoms with Crippen molar-refractivity contribution in [3.8, 4) is 23.0 Å². The quantitative estimate of drug-likeness (QED) is 0.293. The van der Waals surface area contributed by atoms with Gasteiger partial charge in [0.15, 0.2) is 23.0 Å². The minimum atomic E-state index is 0.0765. The van der Waals surface area contributed by atoms with Crippen molar-refractivity contribution in [1.29, 1.82) is 0 Å². The largest absolute Gasteiger partial charge is 0.504 e. The van der Waals surface area contributed by atoms with E-state index in [1.807, 2.05) is 47.1 Å². The van der Waals surface area contributed by atoms with Crippen LogP contribution < -0.4 is 9.47 Å². The zero-order valence-electron chi connectivity index (χ0n) is 19.2. The Kier molecular flexibility index (Phi) is 7.32. The number of rotatable bonds is 8. The molecule has 178 valence electrons. The average Bonchev–Trinajstić information content (AvgIpc) is 3.38. The van der Waals surface area contributed by atoms with Crippen LogP contribution in [0.1, 0.15) is 28.3 Å². The van der Waals surface area contributed by atoms with Crippen LogP contribution in [0.5, 0.6) is 23.0 Å². The van der Waals surface area contributed by atoms with E-state index >= 15 is 0 Å². The predicted octanol–water partition coefficient (Wildman–Crippen LogP) is 6.02. The van der Waals surface area contributed by atoms with Crippen molar-refractivity contribution < 1.29 is 24.1 Å². The van der Waals surface area contributed by atoms with Gasteiger partial charge in [-0.2, -0.15) is 0 Å². The minimum Gasteiger partial charge on any atom is -0.504 e. The van der Waals surface area contributed by atoms with Gasteiger partial charge in [0.05, 0.1) is 32.7 Å². The molecular formula is C27H24N2O5S. The predicted molar refractivity (Wildman–Crippen MR) is 138 cm³/mol. The standard InChI is InChI=1S/C27H24N2O5S/c1-32-25-14-18(7-11-23(25)30)5-9-20-16-21(10-6-19-8-12-24(31)26(15-19)33-2)29(27(35)28-20)17-22-4-3-13-34-22/h3-16,30-31H,17H2,1-2H3. The van der Waals surface area contributed by atoms with E-state index < -0.39 is 0 Å². The van der Waals surface area contributed by atoms with Crippen molar-refractivity contribution in [1.82, 2.24) is 9.55 Å². The molecule has 2 aromatic heterocycles. The van der Waals surface area contributed by atoms with E-state index in [0.29, 0.717) is 28.5 Å². The second-order valence-corrected chi connectivity index (χ2v) is 7.95. The van der Waals surface area contributed by atoms with Gasteiger partial charge in [-0.15, -0.1) is 0 Å². The Labute approximate surface area is 207 Å². The summed E-state index contributed by atoms with van der Waals surface area (Å²) >= 11 is 5.61.